The maximum absolute atomic E-state index is 8.92. The Morgan fingerprint density at radius 2 is 2.00 bits per heavy atom. The first-order chi connectivity index (χ1) is 3.15. The van der Waals surface area contributed by atoms with Gasteiger partial charge in [-0.15, -0.1) is 6.58 Å². The van der Waals surface area contributed by atoms with Crippen LogP contribution in [0, 0.1) is 0 Å². The molecular weight excluding hydrogens is 160 g/mol. The maximum Gasteiger partial charge on any atom is 0.372 e. The molecule has 0 radical (unpaired) electrons. The highest BCUT2D eigenvalue weighted by atomic mass is 79.9. The van der Waals surface area contributed by atoms with Crippen LogP contribution in [-0.4, -0.2) is 9.99 Å². The number of halogens is 1. The second-order valence-electron chi connectivity index (χ2n) is 0.661. The molecule has 0 saturated carbocycles. The van der Waals surface area contributed by atoms with E-state index in [2.05, 4.69) is 22.5 Å². The summed E-state index contributed by atoms with van der Waals surface area (Å²) in [6.07, 6.45) is 1.75. The fourth-order valence-corrected chi connectivity index (χ4v) is 0. The van der Waals surface area contributed by atoms with Crippen LogP contribution in [-0.2, 0) is 0 Å². The SMILES string of the molecule is C=CC.O=C(O)Br. The standard InChI is InChI=1S/C3H6.CHBrO2/c1-3-2;2-1(3)4/h3H,1H2,2H3;(H,3,4). The average Bonchev–Trinajstić information content (AvgIpc) is 1.33. The molecule has 0 bridgehead atoms. The summed E-state index contributed by atoms with van der Waals surface area (Å²) in [6, 6.07) is 0. The molecule has 2 nitrogen and oxygen atoms in total. The van der Waals surface area contributed by atoms with Crippen molar-refractivity contribution in [3.8, 4) is 0 Å². The Kier molecular flexibility index (Phi) is 12.9. The minimum atomic E-state index is -1.02. The van der Waals surface area contributed by atoms with Crippen LogP contribution in [0.25, 0.3) is 0 Å². The van der Waals surface area contributed by atoms with Gasteiger partial charge in [-0.2, -0.15) is 0 Å². The van der Waals surface area contributed by atoms with Crippen molar-refractivity contribution >= 4 is 20.8 Å². The van der Waals surface area contributed by atoms with Crippen molar-refractivity contribution in [2.45, 2.75) is 6.92 Å². The Balaban J connectivity index is 0. The molecule has 0 fully saturated rings. The van der Waals surface area contributed by atoms with Gasteiger partial charge in [-0.05, 0) is 6.92 Å². The highest BCUT2D eigenvalue weighted by Crippen LogP contribution is 1.74. The third-order valence-electron chi connectivity index (χ3n) is 0. The number of rotatable bonds is 0. The second kappa shape index (κ2) is 9.19. The molecule has 3 heteroatoms. The third-order valence-corrected chi connectivity index (χ3v) is 0. The largest absolute Gasteiger partial charge is 0.473 e. The zero-order valence-corrected chi connectivity index (χ0v) is 5.60. The summed E-state index contributed by atoms with van der Waals surface area (Å²) in [7, 11) is 0. The minimum Gasteiger partial charge on any atom is -0.473 e. The van der Waals surface area contributed by atoms with E-state index in [0.717, 1.165) is 0 Å². The topological polar surface area (TPSA) is 37.3 Å². The smallest absolute Gasteiger partial charge is 0.372 e. The van der Waals surface area contributed by atoms with Gasteiger partial charge in [0.2, 0.25) is 0 Å². The quantitative estimate of drug-likeness (QED) is 0.443. The molecular formula is C4H7BrO2. The van der Waals surface area contributed by atoms with E-state index in [9.17, 15) is 0 Å². The Bertz CT molecular complexity index is 56.7. The van der Waals surface area contributed by atoms with Gasteiger partial charge in [0.15, 0.2) is 0 Å². The van der Waals surface area contributed by atoms with Crippen LogP contribution >= 0.6 is 15.9 Å². The monoisotopic (exact) mass is 166 g/mol. The molecule has 42 valence electrons. The van der Waals surface area contributed by atoms with Crippen LogP contribution < -0.4 is 0 Å². The van der Waals surface area contributed by atoms with Crippen LogP contribution in [0.2, 0.25) is 0 Å². The van der Waals surface area contributed by atoms with Gasteiger partial charge in [0.1, 0.15) is 0 Å². The van der Waals surface area contributed by atoms with Crippen molar-refractivity contribution in [3.63, 3.8) is 0 Å². The van der Waals surface area contributed by atoms with Crippen LogP contribution in [0.15, 0.2) is 12.7 Å². The zero-order chi connectivity index (χ0) is 6.28. The van der Waals surface area contributed by atoms with Crippen LogP contribution in [0.4, 0.5) is 4.79 Å². The summed E-state index contributed by atoms with van der Waals surface area (Å²) in [4.78, 5) is 7.90. The highest BCUT2D eigenvalue weighted by molar-refractivity contribution is 9.18. The first-order valence-electron chi connectivity index (χ1n) is 1.60. The van der Waals surface area contributed by atoms with Gasteiger partial charge >= 0.3 is 4.88 Å². The van der Waals surface area contributed by atoms with E-state index in [-0.39, 0.29) is 0 Å². The Morgan fingerprint density at radius 3 is 2.00 bits per heavy atom. The fraction of sp³-hybridized carbons (Fsp3) is 0.250. The Labute approximate surface area is 51.0 Å². The summed E-state index contributed by atoms with van der Waals surface area (Å²) in [5, 5.41) is 7.33. The van der Waals surface area contributed by atoms with Crippen molar-refractivity contribution in [1.29, 1.82) is 0 Å². The summed E-state index contributed by atoms with van der Waals surface area (Å²) in [5.74, 6) is 0. The van der Waals surface area contributed by atoms with Gasteiger partial charge in [-0.1, -0.05) is 6.08 Å². The van der Waals surface area contributed by atoms with Crippen molar-refractivity contribution in [2.75, 3.05) is 0 Å². The molecule has 0 rings (SSSR count). The maximum atomic E-state index is 8.92. The second-order valence-corrected chi connectivity index (χ2v) is 1.34. The van der Waals surface area contributed by atoms with Gasteiger partial charge in [0.25, 0.3) is 0 Å². The van der Waals surface area contributed by atoms with E-state index in [1.165, 1.54) is 0 Å². The Morgan fingerprint density at radius 1 is 2.00 bits per heavy atom. The molecule has 0 heterocycles. The molecule has 0 atom stereocenters. The molecule has 0 aromatic rings. The number of carboxylic acid groups (broad SMARTS) is 1. The highest BCUT2D eigenvalue weighted by Gasteiger charge is 1.70. The summed E-state index contributed by atoms with van der Waals surface area (Å²) < 4.78 is 0. The summed E-state index contributed by atoms with van der Waals surface area (Å²) >= 11 is 2.19. The number of hydrogen-bond acceptors (Lipinski definition) is 1. The molecule has 0 aromatic carbocycles. The van der Waals surface area contributed by atoms with Crippen LogP contribution in [0.3, 0.4) is 0 Å². The van der Waals surface area contributed by atoms with Crippen molar-refractivity contribution in [2.24, 2.45) is 0 Å². The normalized spacial score (nSPS) is 5.43. The van der Waals surface area contributed by atoms with E-state index in [0.29, 0.717) is 0 Å². The van der Waals surface area contributed by atoms with Crippen LogP contribution in [0.5, 0.6) is 0 Å². The van der Waals surface area contributed by atoms with E-state index in [1.807, 2.05) is 6.92 Å². The lowest BCUT2D eigenvalue weighted by Gasteiger charge is -1.56. The first-order valence-corrected chi connectivity index (χ1v) is 2.40. The predicted octanol–water partition coefficient (Wildman–Crippen LogP) is 2.25. The lowest BCUT2D eigenvalue weighted by molar-refractivity contribution is 0.223. The molecule has 0 unspecified atom stereocenters. The summed E-state index contributed by atoms with van der Waals surface area (Å²) in [5.41, 5.74) is 0. The van der Waals surface area contributed by atoms with Gasteiger partial charge in [-0.3, -0.25) is 0 Å². The van der Waals surface area contributed by atoms with Crippen molar-refractivity contribution in [3.05, 3.63) is 12.7 Å². The molecule has 0 aliphatic carbocycles. The van der Waals surface area contributed by atoms with E-state index in [4.69, 9.17) is 9.90 Å². The minimum absolute atomic E-state index is 1.02. The molecule has 0 aliphatic heterocycles. The number of hydrogen-bond donors (Lipinski definition) is 1. The zero-order valence-electron chi connectivity index (χ0n) is 4.02. The molecule has 0 amide bonds. The summed E-state index contributed by atoms with van der Waals surface area (Å²) in [6.45, 7) is 5.25. The molecule has 0 aliphatic rings. The molecule has 0 aromatic heterocycles. The third kappa shape index (κ3) is 806. The molecule has 0 spiro atoms. The lowest BCUT2D eigenvalue weighted by atomic mass is 10.8. The predicted molar refractivity (Wildman–Crippen MR) is 32.8 cm³/mol. The lowest BCUT2D eigenvalue weighted by Crippen LogP contribution is -1.65. The molecule has 7 heavy (non-hydrogen) atoms. The van der Waals surface area contributed by atoms with Gasteiger partial charge in [-0.25, -0.2) is 4.79 Å². The van der Waals surface area contributed by atoms with Gasteiger partial charge in [0.05, 0.1) is 0 Å². The van der Waals surface area contributed by atoms with Gasteiger partial charge < -0.3 is 5.11 Å². The Hall–Kier alpha value is -0.310. The van der Waals surface area contributed by atoms with Crippen LogP contribution in [0.1, 0.15) is 6.92 Å². The van der Waals surface area contributed by atoms with E-state index < -0.39 is 4.88 Å². The first kappa shape index (κ1) is 9.85. The van der Waals surface area contributed by atoms with E-state index >= 15 is 0 Å². The fourth-order valence-electron chi connectivity index (χ4n) is 0. The molecule has 1 N–H and O–H groups in total. The van der Waals surface area contributed by atoms with Crippen molar-refractivity contribution < 1.29 is 9.90 Å². The number of allylic oxidation sites excluding steroid dienone is 1. The van der Waals surface area contributed by atoms with E-state index in [1.54, 1.807) is 6.08 Å². The number of carbonyl (C=O) groups is 1. The molecule has 0 saturated heterocycles. The van der Waals surface area contributed by atoms with Gasteiger partial charge in [0, 0.05) is 15.9 Å². The van der Waals surface area contributed by atoms with Crippen molar-refractivity contribution in [1.82, 2.24) is 0 Å². The average molecular weight is 167 g/mol.